The van der Waals surface area contributed by atoms with Crippen LogP contribution in [0.4, 0.5) is 0 Å². The molecule has 0 saturated carbocycles. The van der Waals surface area contributed by atoms with E-state index in [4.69, 9.17) is 0 Å². The molecule has 1 unspecified atom stereocenters. The normalized spacial score (nSPS) is 11.9. The molecule has 2 aromatic rings. The van der Waals surface area contributed by atoms with E-state index in [1.54, 1.807) is 0 Å². The minimum atomic E-state index is 0.449. The maximum atomic E-state index is 4.22. The van der Waals surface area contributed by atoms with E-state index in [0.29, 0.717) is 6.04 Å². The Morgan fingerprint density at radius 1 is 1.04 bits per heavy atom. The molecule has 2 heteroatoms. The molecule has 2 nitrogen and oxygen atoms in total. The van der Waals surface area contributed by atoms with E-state index in [-0.39, 0.29) is 0 Å². The van der Waals surface area contributed by atoms with Crippen molar-refractivity contribution < 1.29 is 0 Å². The number of benzene rings is 2. The Hall–Kier alpha value is -2.06. The van der Waals surface area contributed by atoms with E-state index >= 15 is 0 Å². The Bertz CT molecular complexity index is 604. The summed E-state index contributed by atoms with van der Waals surface area (Å²) in [6.07, 6.45) is 2.19. The molecule has 122 valence electrons. The minimum absolute atomic E-state index is 0.449. The highest BCUT2D eigenvalue weighted by atomic mass is 14.9. The summed E-state index contributed by atoms with van der Waals surface area (Å²) in [4.78, 5) is 0. The molecule has 0 spiro atoms. The van der Waals surface area contributed by atoms with Crippen LogP contribution in [-0.2, 0) is 6.54 Å². The molecule has 0 saturated heterocycles. The fourth-order valence-electron chi connectivity index (χ4n) is 2.72. The van der Waals surface area contributed by atoms with Crippen LogP contribution in [0, 0.1) is 6.92 Å². The fourth-order valence-corrected chi connectivity index (χ4v) is 2.72. The van der Waals surface area contributed by atoms with Crippen LogP contribution in [-0.4, -0.2) is 12.6 Å². The Labute approximate surface area is 140 Å². The molecule has 0 aromatic heterocycles. The zero-order chi connectivity index (χ0) is 16.5. The van der Waals surface area contributed by atoms with Gasteiger partial charge in [-0.15, -0.1) is 0 Å². The van der Waals surface area contributed by atoms with Crippen molar-refractivity contribution in [1.82, 2.24) is 10.6 Å². The molecule has 2 N–H and O–H groups in total. The van der Waals surface area contributed by atoms with E-state index in [2.05, 4.69) is 85.7 Å². The number of nitrogens with one attached hydrogen (secondary N) is 2. The average molecular weight is 308 g/mol. The predicted octanol–water partition coefficient (Wildman–Crippen LogP) is 4.51. The summed E-state index contributed by atoms with van der Waals surface area (Å²) < 4.78 is 0. The van der Waals surface area contributed by atoms with Crippen LogP contribution in [0.2, 0.25) is 0 Å². The lowest BCUT2D eigenvalue weighted by atomic mass is 10.0. The van der Waals surface area contributed by atoms with Crippen LogP contribution >= 0.6 is 0 Å². The van der Waals surface area contributed by atoms with Crippen LogP contribution in [0.25, 0.3) is 5.70 Å². The second kappa shape index (κ2) is 9.16. The summed E-state index contributed by atoms with van der Waals surface area (Å²) in [5, 5.41) is 7.11. The molecule has 23 heavy (non-hydrogen) atoms. The van der Waals surface area contributed by atoms with Crippen LogP contribution in [0.5, 0.6) is 0 Å². The molecule has 0 amide bonds. The van der Waals surface area contributed by atoms with E-state index in [1.807, 2.05) is 0 Å². The predicted molar refractivity (Wildman–Crippen MR) is 100 cm³/mol. The van der Waals surface area contributed by atoms with E-state index in [9.17, 15) is 0 Å². The smallest absolute Gasteiger partial charge is 0.0345 e. The van der Waals surface area contributed by atoms with E-state index in [0.717, 1.165) is 31.6 Å². The molecule has 0 bridgehead atoms. The summed E-state index contributed by atoms with van der Waals surface area (Å²) in [7, 11) is 0. The van der Waals surface area contributed by atoms with Gasteiger partial charge in [0.1, 0.15) is 0 Å². The van der Waals surface area contributed by atoms with Gasteiger partial charge in [0.15, 0.2) is 0 Å². The lowest BCUT2D eigenvalue weighted by Gasteiger charge is -2.21. The molecule has 2 rings (SSSR count). The van der Waals surface area contributed by atoms with Crippen molar-refractivity contribution in [2.24, 2.45) is 0 Å². The second-order valence-electron chi connectivity index (χ2n) is 5.99. The summed E-state index contributed by atoms with van der Waals surface area (Å²) in [6, 6.07) is 19.4. The van der Waals surface area contributed by atoms with Gasteiger partial charge in [0, 0.05) is 18.3 Å². The zero-order valence-electron chi connectivity index (χ0n) is 14.3. The molecule has 0 radical (unpaired) electrons. The summed E-state index contributed by atoms with van der Waals surface area (Å²) in [5.74, 6) is 0. The SMILES string of the molecule is C=C(NC(CC)CCNCc1ccccc1)c1ccccc1C. The third kappa shape index (κ3) is 5.57. The molecule has 0 heterocycles. The van der Waals surface area contributed by atoms with Crippen molar-refractivity contribution in [2.75, 3.05) is 6.54 Å². The lowest BCUT2D eigenvalue weighted by Crippen LogP contribution is -2.30. The third-order valence-electron chi connectivity index (χ3n) is 4.18. The number of rotatable bonds is 9. The Morgan fingerprint density at radius 2 is 1.74 bits per heavy atom. The molecular formula is C21H28N2. The molecule has 2 aromatic carbocycles. The van der Waals surface area contributed by atoms with Gasteiger partial charge in [-0.3, -0.25) is 0 Å². The highest BCUT2D eigenvalue weighted by molar-refractivity contribution is 5.64. The number of hydrogen-bond donors (Lipinski definition) is 2. The summed E-state index contributed by atoms with van der Waals surface area (Å²) >= 11 is 0. The molecule has 0 aliphatic heterocycles. The fraction of sp³-hybridized carbons (Fsp3) is 0.333. The van der Waals surface area contributed by atoms with Gasteiger partial charge in [-0.1, -0.05) is 68.1 Å². The van der Waals surface area contributed by atoms with Crippen molar-refractivity contribution >= 4 is 5.70 Å². The lowest BCUT2D eigenvalue weighted by molar-refractivity contribution is 0.506. The standard InChI is InChI=1S/C21H28N2/c1-4-20(14-15-22-16-19-11-6-5-7-12-19)23-18(3)21-13-9-8-10-17(21)2/h5-13,20,22-23H,3-4,14-16H2,1-2H3. The van der Waals surface area contributed by atoms with Gasteiger partial charge in [-0.25, -0.2) is 0 Å². The number of aryl methyl sites for hydroxylation is 1. The van der Waals surface area contributed by atoms with Crippen LogP contribution in [0.1, 0.15) is 36.5 Å². The Morgan fingerprint density at radius 3 is 2.43 bits per heavy atom. The zero-order valence-corrected chi connectivity index (χ0v) is 14.3. The molecule has 0 aliphatic rings. The first kappa shape index (κ1) is 17.3. The van der Waals surface area contributed by atoms with Crippen molar-refractivity contribution in [3.05, 3.63) is 77.9 Å². The topological polar surface area (TPSA) is 24.1 Å². The van der Waals surface area contributed by atoms with Gasteiger partial charge in [0.2, 0.25) is 0 Å². The monoisotopic (exact) mass is 308 g/mol. The highest BCUT2D eigenvalue weighted by Crippen LogP contribution is 2.16. The first-order chi connectivity index (χ1) is 11.2. The number of hydrogen-bond acceptors (Lipinski definition) is 2. The second-order valence-corrected chi connectivity index (χ2v) is 5.99. The van der Waals surface area contributed by atoms with Crippen molar-refractivity contribution in [2.45, 2.75) is 39.3 Å². The van der Waals surface area contributed by atoms with Gasteiger partial charge < -0.3 is 10.6 Å². The van der Waals surface area contributed by atoms with Crippen molar-refractivity contribution in [3.8, 4) is 0 Å². The first-order valence-electron chi connectivity index (χ1n) is 8.46. The first-order valence-corrected chi connectivity index (χ1v) is 8.46. The quantitative estimate of drug-likeness (QED) is 0.666. The van der Waals surface area contributed by atoms with Crippen molar-refractivity contribution in [1.29, 1.82) is 0 Å². The molecule has 0 aliphatic carbocycles. The molecule has 1 atom stereocenters. The maximum absolute atomic E-state index is 4.22. The van der Waals surface area contributed by atoms with Gasteiger partial charge >= 0.3 is 0 Å². The average Bonchev–Trinajstić information content (AvgIpc) is 2.58. The van der Waals surface area contributed by atoms with Gasteiger partial charge in [-0.2, -0.15) is 0 Å². The Balaban J connectivity index is 1.77. The molecular weight excluding hydrogens is 280 g/mol. The summed E-state index contributed by atoms with van der Waals surface area (Å²) in [5.41, 5.74) is 4.83. The van der Waals surface area contributed by atoms with Crippen LogP contribution < -0.4 is 10.6 Å². The summed E-state index contributed by atoms with van der Waals surface area (Å²) in [6.45, 7) is 10.5. The molecule has 0 fully saturated rings. The van der Waals surface area contributed by atoms with Gasteiger partial charge in [0.25, 0.3) is 0 Å². The third-order valence-corrected chi connectivity index (χ3v) is 4.18. The van der Waals surface area contributed by atoms with E-state index < -0.39 is 0 Å². The van der Waals surface area contributed by atoms with Gasteiger partial charge in [0.05, 0.1) is 0 Å². The van der Waals surface area contributed by atoms with Crippen LogP contribution in [0.15, 0.2) is 61.2 Å². The van der Waals surface area contributed by atoms with Gasteiger partial charge in [-0.05, 0) is 43.0 Å². The maximum Gasteiger partial charge on any atom is 0.0345 e. The minimum Gasteiger partial charge on any atom is -0.382 e. The Kier molecular flexibility index (Phi) is 6.89. The van der Waals surface area contributed by atoms with E-state index in [1.165, 1.54) is 16.7 Å². The van der Waals surface area contributed by atoms with Crippen molar-refractivity contribution in [3.63, 3.8) is 0 Å². The van der Waals surface area contributed by atoms with Crippen LogP contribution in [0.3, 0.4) is 0 Å². The highest BCUT2D eigenvalue weighted by Gasteiger charge is 2.09. The largest absolute Gasteiger partial charge is 0.382 e.